The van der Waals surface area contributed by atoms with Gasteiger partial charge >= 0.3 is 11.8 Å². The predicted octanol–water partition coefficient (Wildman–Crippen LogP) is 2.06. The lowest BCUT2D eigenvalue weighted by atomic mass is 9.86. The number of rotatable bonds is 3. The molecule has 1 fully saturated rings. The van der Waals surface area contributed by atoms with Crippen molar-refractivity contribution >= 4 is 23.2 Å². The van der Waals surface area contributed by atoms with E-state index in [0.717, 1.165) is 24.1 Å². The van der Waals surface area contributed by atoms with E-state index in [-0.39, 0.29) is 6.04 Å². The van der Waals surface area contributed by atoms with E-state index < -0.39 is 11.8 Å². The van der Waals surface area contributed by atoms with Crippen LogP contribution >= 0.6 is 11.3 Å². The third-order valence-electron chi connectivity index (χ3n) is 3.64. The Balaban J connectivity index is 1.77. The monoisotopic (exact) mass is 280 g/mol. The molecule has 1 aliphatic carbocycles. The number of nitrogens with one attached hydrogen (secondary N) is 2. The Hall–Kier alpha value is -1.36. The zero-order chi connectivity index (χ0) is 13.7. The molecule has 0 saturated heterocycles. The van der Waals surface area contributed by atoms with Gasteiger partial charge in [-0.25, -0.2) is 0 Å². The highest BCUT2D eigenvalue weighted by atomic mass is 32.1. The van der Waals surface area contributed by atoms with Crippen LogP contribution in [0.3, 0.4) is 0 Å². The molecule has 4 nitrogen and oxygen atoms in total. The van der Waals surface area contributed by atoms with E-state index >= 15 is 0 Å². The van der Waals surface area contributed by atoms with E-state index in [1.165, 1.54) is 6.42 Å². The van der Waals surface area contributed by atoms with Crippen LogP contribution in [-0.2, 0) is 16.1 Å². The summed E-state index contributed by atoms with van der Waals surface area (Å²) in [5.74, 6) is -0.579. The van der Waals surface area contributed by atoms with Gasteiger partial charge in [0.1, 0.15) is 0 Å². The quantitative estimate of drug-likeness (QED) is 0.833. The average Bonchev–Trinajstić information content (AvgIpc) is 2.91. The highest BCUT2D eigenvalue weighted by molar-refractivity contribution is 7.09. The third kappa shape index (κ3) is 4.06. The van der Waals surface area contributed by atoms with Crippen LogP contribution in [0.2, 0.25) is 0 Å². The molecule has 2 atom stereocenters. The molecule has 0 aliphatic heterocycles. The summed E-state index contributed by atoms with van der Waals surface area (Å²) in [6.07, 6.45) is 4.46. The fourth-order valence-corrected chi connectivity index (χ4v) is 3.07. The Morgan fingerprint density at radius 2 is 2.11 bits per heavy atom. The molecule has 2 rings (SSSR count). The molecule has 0 radical (unpaired) electrons. The van der Waals surface area contributed by atoms with Crippen LogP contribution in [0.15, 0.2) is 17.5 Å². The first-order valence-corrected chi connectivity index (χ1v) is 7.66. The molecule has 5 heteroatoms. The van der Waals surface area contributed by atoms with Gasteiger partial charge in [0.2, 0.25) is 0 Å². The van der Waals surface area contributed by atoms with Crippen molar-refractivity contribution in [2.75, 3.05) is 0 Å². The van der Waals surface area contributed by atoms with Crippen molar-refractivity contribution in [2.24, 2.45) is 5.92 Å². The van der Waals surface area contributed by atoms with Crippen molar-refractivity contribution in [2.45, 2.75) is 45.2 Å². The largest absolute Gasteiger partial charge is 0.345 e. The lowest BCUT2D eigenvalue weighted by molar-refractivity contribution is -0.140. The molecular formula is C14H20N2O2S. The first kappa shape index (κ1) is 14.1. The highest BCUT2D eigenvalue weighted by Crippen LogP contribution is 2.23. The minimum absolute atomic E-state index is 0.147. The highest BCUT2D eigenvalue weighted by Gasteiger charge is 2.25. The first-order chi connectivity index (χ1) is 9.16. The van der Waals surface area contributed by atoms with E-state index in [9.17, 15) is 9.59 Å². The number of hydrogen-bond donors (Lipinski definition) is 2. The van der Waals surface area contributed by atoms with Crippen LogP contribution in [0.5, 0.6) is 0 Å². The van der Waals surface area contributed by atoms with Gasteiger partial charge in [0.25, 0.3) is 0 Å². The van der Waals surface area contributed by atoms with Crippen LogP contribution in [0.4, 0.5) is 0 Å². The lowest BCUT2D eigenvalue weighted by Crippen LogP contribution is -2.47. The summed E-state index contributed by atoms with van der Waals surface area (Å²) in [5.41, 5.74) is 0. The van der Waals surface area contributed by atoms with Gasteiger partial charge in [0, 0.05) is 10.9 Å². The van der Waals surface area contributed by atoms with Crippen LogP contribution in [0.1, 0.15) is 37.5 Å². The molecular weight excluding hydrogens is 260 g/mol. The molecule has 0 aromatic carbocycles. The summed E-state index contributed by atoms with van der Waals surface area (Å²) >= 11 is 1.57. The zero-order valence-corrected chi connectivity index (χ0v) is 12.0. The van der Waals surface area contributed by atoms with E-state index in [0.29, 0.717) is 12.5 Å². The van der Waals surface area contributed by atoms with E-state index in [1.54, 1.807) is 11.3 Å². The molecule has 0 unspecified atom stereocenters. The zero-order valence-electron chi connectivity index (χ0n) is 11.1. The van der Waals surface area contributed by atoms with Crippen LogP contribution in [0, 0.1) is 5.92 Å². The molecule has 0 bridgehead atoms. The summed E-state index contributed by atoms with van der Waals surface area (Å²) in [6, 6.07) is 4.01. The minimum Gasteiger partial charge on any atom is -0.345 e. The van der Waals surface area contributed by atoms with Crippen LogP contribution < -0.4 is 10.6 Å². The molecule has 1 aromatic heterocycles. The fourth-order valence-electron chi connectivity index (χ4n) is 2.43. The van der Waals surface area contributed by atoms with Crippen molar-refractivity contribution in [1.82, 2.24) is 10.6 Å². The van der Waals surface area contributed by atoms with Gasteiger partial charge in [-0.1, -0.05) is 25.8 Å². The molecule has 2 N–H and O–H groups in total. The molecule has 1 saturated carbocycles. The van der Waals surface area contributed by atoms with Gasteiger partial charge in [-0.05, 0) is 30.2 Å². The lowest BCUT2D eigenvalue weighted by Gasteiger charge is -2.29. The van der Waals surface area contributed by atoms with Crippen molar-refractivity contribution in [3.05, 3.63) is 22.4 Å². The standard InChI is InChI=1S/C14H20N2O2S/c1-10-5-2-3-7-12(10)16-14(18)13(17)15-9-11-6-4-8-19-11/h4,6,8,10,12H,2-3,5,7,9H2,1H3,(H,15,17)(H,16,18)/t10-,12-/m0/s1. The van der Waals surface area contributed by atoms with Crippen LogP contribution in [-0.4, -0.2) is 17.9 Å². The SMILES string of the molecule is C[C@H]1CCCC[C@@H]1NC(=O)C(=O)NCc1cccs1. The van der Waals surface area contributed by atoms with Gasteiger partial charge in [-0.3, -0.25) is 9.59 Å². The Morgan fingerprint density at radius 1 is 1.32 bits per heavy atom. The maximum atomic E-state index is 11.8. The molecule has 1 heterocycles. The second-order valence-electron chi connectivity index (χ2n) is 5.10. The topological polar surface area (TPSA) is 58.2 Å². The molecule has 1 aromatic rings. The van der Waals surface area contributed by atoms with Gasteiger partial charge in [0.05, 0.1) is 6.54 Å². The maximum absolute atomic E-state index is 11.8. The Morgan fingerprint density at radius 3 is 2.79 bits per heavy atom. The number of carbonyl (C=O) groups is 2. The molecule has 104 valence electrons. The summed E-state index contributed by atoms with van der Waals surface area (Å²) in [6.45, 7) is 2.55. The molecule has 1 aliphatic rings. The van der Waals surface area contributed by atoms with Crippen LogP contribution in [0.25, 0.3) is 0 Å². The predicted molar refractivity (Wildman–Crippen MR) is 75.7 cm³/mol. The maximum Gasteiger partial charge on any atom is 0.309 e. The minimum atomic E-state index is -0.536. The summed E-state index contributed by atoms with van der Waals surface area (Å²) in [4.78, 5) is 24.5. The normalized spacial score (nSPS) is 22.8. The third-order valence-corrected chi connectivity index (χ3v) is 4.51. The summed E-state index contributed by atoms with van der Waals surface area (Å²) in [5, 5.41) is 7.45. The van der Waals surface area contributed by atoms with E-state index in [2.05, 4.69) is 17.6 Å². The number of amides is 2. The van der Waals surface area contributed by atoms with Crippen molar-refractivity contribution < 1.29 is 9.59 Å². The molecule has 2 amide bonds. The van der Waals surface area contributed by atoms with E-state index in [4.69, 9.17) is 0 Å². The molecule has 19 heavy (non-hydrogen) atoms. The Bertz CT molecular complexity index is 431. The summed E-state index contributed by atoms with van der Waals surface area (Å²) in [7, 11) is 0. The van der Waals surface area contributed by atoms with Gasteiger partial charge in [-0.2, -0.15) is 0 Å². The number of hydrogen-bond acceptors (Lipinski definition) is 3. The van der Waals surface area contributed by atoms with Crippen molar-refractivity contribution in [3.63, 3.8) is 0 Å². The Labute approximate surface area is 117 Å². The van der Waals surface area contributed by atoms with Gasteiger partial charge in [-0.15, -0.1) is 11.3 Å². The summed E-state index contributed by atoms with van der Waals surface area (Å²) < 4.78 is 0. The number of thiophene rings is 1. The second kappa shape index (κ2) is 6.70. The fraction of sp³-hybridized carbons (Fsp3) is 0.571. The number of carbonyl (C=O) groups excluding carboxylic acids is 2. The van der Waals surface area contributed by atoms with Gasteiger partial charge < -0.3 is 10.6 Å². The Kier molecular flexibility index (Phi) is 4.96. The smallest absolute Gasteiger partial charge is 0.309 e. The first-order valence-electron chi connectivity index (χ1n) is 6.78. The average molecular weight is 280 g/mol. The van der Waals surface area contributed by atoms with Crippen molar-refractivity contribution in [1.29, 1.82) is 0 Å². The van der Waals surface area contributed by atoms with Crippen molar-refractivity contribution in [3.8, 4) is 0 Å². The molecule has 0 spiro atoms. The second-order valence-corrected chi connectivity index (χ2v) is 6.14. The van der Waals surface area contributed by atoms with Gasteiger partial charge in [0.15, 0.2) is 0 Å². The van der Waals surface area contributed by atoms with E-state index in [1.807, 2.05) is 17.5 Å².